The number of para-hydroxylation sites is 3. The molecule has 6 heteroatoms. The van der Waals surface area contributed by atoms with Crippen LogP contribution < -0.4 is 0 Å². The van der Waals surface area contributed by atoms with E-state index in [0.717, 1.165) is 76.8 Å². The first-order valence-corrected chi connectivity index (χ1v) is 15.6. The van der Waals surface area contributed by atoms with Gasteiger partial charge < -0.3 is 9.52 Å². The van der Waals surface area contributed by atoms with Gasteiger partial charge in [0.2, 0.25) is 0 Å². The smallest absolute Gasteiger partial charge is 0.149 e. The number of phenolic OH excluding ortho intramolecular Hbond substituents is 1. The minimum absolute atomic E-state index is 0. The van der Waals surface area contributed by atoms with Crippen molar-refractivity contribution in [2.75, 3.05) is 0 Å². The number of rotatable bonds is 3. The third-order valence-electron chi connectivity index (χ3n) is 9.20. The molecule has 0 saturated carbocycles. The Morgan fingerprint density at radius 2 is 1.38 bits per heavy atom. The summed E-state index contributed by atoms with van der Waals surface area (Å²) in [6, 6.07) is 50.2. The molecule has 3 heterocycles. The molecule has 3 aromatic heterocycles. The van der Waals surface area contributed by atoms with E-state index in [1.807, 2.05) is 60.7 Å². The van der Waals surface area contributed by atoms with Crippen LogP contribution in [0.2, 0.25) is 0 Å². The van der Waals surface area contributed by atoms with Gasteiger partial charge in [-0.3, -0.25) is 9.55 Å². The molecule has 0 unspecified atom stereocenters. The maximum Gasteiger partial charge on any atom is 0.149 e. The zero-order chi connectivity index (χ0) is 31.1. The van der Waals surface area contributed by atoms with Gasteiger partial charge in [-0.2, -0.15) is 0 Å². The van der Waals surface area contributed by atoms with E-state index in [2.05, 4.69) is 83.4 Å². The molecule has 0 aliphatic heterocycles. The summed E-state index contributed by atoms with van der Waals surface area (Å²) in [5.41, 5.74) is 7.35. The standard InChI is InChI=1S/C42H24N3O2.Pt/c46-36-24-38-33(29-16-8-9-20-37(29)47-38)23-34(36)42-44-41-32(18-10-19-35(41)45(42)26-12-2-1-3-13-26)40-30-17-7-6-15-28(30)31-22-21-25-11-4-5-14-27(25)39(31)43-40;/h1-13,15-24,46H;/q-1;. The number of imidazole rings is 1. The quantitative estimate of drug-likeness (QED) is 0.143. The molecular weight excluding hydrogens is 774 g/mol. The van der Waals surface area contributed by atoms with E-state index in [4.69, 9.17) is 14.4 Å². The molecule has 48 heavy (non-hydrogen) atoms. The minimum atomic E-state index is 0. The maximum absolute atomic E-state index is 11.5. The molecule has 0 bridgehead atoms. The van der Waals surface area contributed by atoms with Crippen LogP contribution in [0.25, 0.3) is 93.8 Å². The van der Waals surface area contributed by atoms with Gasteiger partial charge in [-0.1, -0.05) is 84.9 Å². The molecule has 0 atom stereocenters. The van der Waals surface area contributed by atoms with E-state index < -0.39 is 0 Å². The van der Waals surface area contributed by atoms with Crippen LogP contribution in [-0.2, 0) is 21.1 Å². The summed E-state index contributed by atoms with van der Waals surface area (Å²) < 4.78 is 8.20. The summed E-state index contributed by atoms with van der Waals surface area (Å²) in [7, 11) is 0. The van der Waals surface area contributed by atoms with E-state index in [1.54, 1.807) is 6.07 Å². The number of furan rings is 1. The molecule has 0 amide bonds. The van der Waals surface area contributed by atoms with Gasteiger partial charge >= 0.3 is 0 Å². The Bertz CT molecular complexity index is 2870. The molecule has 0 aliphatic carbocycles. The normalized spacial score (nSPS) is 11.7. The predicted molar refractivity (Wildman–Crippen MR) is 190 cm³/mol. The number of phenols is 1. The molecule has 10 aromatic rings. The largest absolute Gasteiger partial charge is 0.507 e. The van der Waals surface area contributed by atoms with Crippen LogP contribution in [0.4, 0.5) is 0 Å². The Labute approximate surface area is 289 Å². The van der Waals surface area contributed by atoms with Gasteiger partial charge in [-0.25, -0.2) is 4.98 Å². The fourth-order valence-electron chi connectivity index (χ4n) is 7.07. The van der Waals surface area contributed by atoms with Crippen LogP contribution in [0.3, 0.4) is 0 Å². The van der Waals surface area contributed by atoms with Crippen LogP contribution >= 0.6 is 0 Å². The number of aromatic nitrogens is 3. The van der Waals surface area contributed by atoms with Gasteiger partial charge in [0.1, 0.15) is 22.7 Å². The number of hydrogen-bond donors (Lipinski definition) is 1. The van der Waals surface area contributed by atoms with Crippen molar-refractivity contribution in [1.29, 1.82) is 0 Å². The molecule has 7 aromatic carbocycles. The Hall–Kier alpha value is -5.77. The van der Waals surface area contributed by atoms with Crippen LogP contribution in [0, 0.1) is 6.07 Å². The number of pyridine rings is 1. The Kier molecular flexibility index (Phi) is 6.46. The van der Waals surface area contributed by atoms with Crippen LogP contribution in [0.15, 0.2) is 144 Å². The summed E-state index contributed by atoms with van der Waals surface area (Å²) in [5.74, 6) is 0.731. The minimum Gasteiger partial charge on any atom is -0.507 e. The fourth-order valence-corrected chi connectivity index (χ4v) is 7.07. The maximum atomic E-state index is 11.5. The molecule has 10 rings (SSSR count). The van der Waals surface area contributed by atoms with Crippen molar-refractivity contribution in [2.45, 2.75) is 0 Å². The molecule has 0 spiro atoms. The summed E-state index contributed by atoms with van der Waals surface area (Å²) in [6.45, 7) is 0. The third kappa shape index (κ3) is 4.14. The fraction of sp³-hybridized carbons (Fsp3) is 0. The second kappa shape index (κ2) is 10.9. The average Bonchev–Trinajstić information content (AvgIpc) is 3.69. The van der Waals surface area contributed by atoms with Crippen molar-refractivity contribution in [3.8, 4) is 34.1 Å². The van der Waals surface area contributed by atoms with Gasteiger partial charge in [0.25, 0.3) is 0 Å². The van der Waals surface area contributed by atoms with Gasteiger partial charge in [-0.15, -0.1) is 35.0 Å². The van der Waals surface area contributed by atoms with E-state index in [-0.39, 0.29) is 26.8 Å². The SMILES string of the molecule is Oc1cc2oc3ccccc3c2cc1-c1nc2c(-c3nc4c5[c-]cccc5ccc4c4ccccc34)cccc2n1-c1ccccc1.[Pt]. The number of aromatic hydroxyl groups is 1. The monoisotopic (exact) mass is 797 g/mol. The summed E-state index contributed by atoms with van der Waals surface area (Å²) >= 11 is 0. The molecule has 0 aliphatic rings. The molecule has 5 nitrogen and oxygen atoms in total. The second-order valence-electron chi connectivity index (χ2n) is 11.8. The molecule has 0 fully saturated rings. The van der Waals surface area contributed by atoms with Gasteiger partial charge in [0.05, 0.1) is 22.3 Å². The number of nitrogens with zero attached hydrogens (tertiary/aromatic N) is 3. The Morgan fingerprint density at radius 3 is 2.25 bits per heavy atom. The molecule has 230 valence electrons. The van der Waals surface area contributed by atoms with Gasteiger partial charge in [0.15, 0.2) is 0 Å². The number of hydrogen-bond acceptors (Lipinski definition) is 4. The molecule has 0 radical (unpaired) electrons. The summed E-state index contributed by atoms with van der Waals surface area (Å²) in [4.78, 5) is 10.7. The van der Waals surface area contributed by atoms with Crippen molar-refractivity contribution >= 4 is 65.4 Å². The second-order valence-corrected chi connectivity index (χ2v) is 11.8. The number of fused-ring (bicyclic) bond motifs is 9. The van der Waals surface area contributed by atoms with Crippen LogP contribution in [0.1, 0.15) is 0 Å². The van der Waals surface area contributed by atoms with E-state index in [9.17, 15) is 5.11 Å². The van der Waals surface area contributed by atoms with Crippen molar-refractivity contribution in [1.82, 2.24) is 14.5 Å². The Balaban J connectivity index is 0.00000314. The molecular formula is C42H24N3O2Pt-. The summed E-state index contributed by atoms with van der Waals surface area (Å²) in [6.07, 6.45) is 0. The third-order valence-corrected chi connectivity index (χ3v) is 9.20. The molecule has 1 N–H and O–H groups in total. The Morgan fingerprint density at radius 1 is 0.583 bits per heavy atom. The molecule has 0 saturated heterocycles. The van der Waals surface area contributed by atoms with Gasteiger partial charge in [0, 0.05) is 54.5 Å². The number of benzene rings is 7. The zero-order valence-corrected chi connectivity index (χ0v) is 27.6. The topological polar surface area (TPSA) is 64.1 Å². The van der Waals surface area contributed by atoms with E-state index in [1.165, 1.54) is 0 Å². The predicted octanol–water partition coefficient (Wildman–Crippen LogP) is 10.6. The summed E-state index contributed by atoms with van der Waals surface area (Å²) in [5, 5.41) is 18.8. The van der Waals surface area contributed by atoms with Crippen LogP contribution in [0.5, 0.6) is 5.75 Å². The van der Waals surface area contributed by atoms with Crippen LogP contribution in [-0.4, -0.2) is 19.6 Å². The average molecular weight is 798 g/mol. The zero-order valence-electron chi connectivity index (χ0n) is 25.3. The van der Waals surface area contributed by atoms with E-state index >= 15 is 0 Å². The van der Waals surface area contributed by atoms with Crippen molar-refractivity contribution in [3.05, 3.63) is 146 Å². The van der Waals surface area contributed by atoms with E-state index in [0.29, 0.717) is 17.0 Å². The first-order chi connectivity index (χ1) is 23.2. The van der Waals surface area contributed by atoms with Crippen molar-refractivity contribution in [2.24, 2.45) is 0 Å². The first kappa shape index (κ1) is 28.5. The first-order valence-electron chi connectivity index (χ1n) is 15.6. The van der Waals surface area contributed by atoms with Gasteiger partial charge in [-0.05, 0) is 46.6 Å². The van der Waals surface area contributed by atoms with Crippen molar-refractivity contribution in [3.63, 3.8) is 0 Å². The van der Waals surface area contributed by atoms with Crippen molar-refractivity contribution < 1.29 is 30.6 Å².